The van der Waals surface area contributed by atoms with Crippen molar-refractivity contribution < 1.29 is 4.74 Å². The Kier molecular flexibility index (Phi) is 5.66. The highest BCUT2D eigenvalue weighted by molar-refractivity contribution is 7.98. The van der Waals surface area contributed by atoms with E-state index in [0.717, 1.165) is 16.9 Å². The first-order chi connectivity index (χ1) is 11.6. The summed E-state index contributed by atoms with van der Waals surface area (Å²) in [6.07, 6.45) is 0. The SMILES string of the molecule is Cc1ccccc1OCc1nc(SCc2ccc(Cl)cc2Cl)n[nH]1. The lowest BCUT2D eigenvalue weighted by Gasteiger charge is -2.06. The zero-order chi connectivity index (χ0) is 16.9. The van der Waals surface area contributed by atoms with Gasteiger partial charge in [-0.3, -0.25) is 5.10 Å². The Labute approximate surface area is 154 Å². The van der Waals surface area contributed by atoms with E-state index in [0.29, 0.717) is 33.4 Å². The minimum absolute atomic E-state index is 0.347. The van der Waals surface area contributed by atoms with Crippen LogP contribution in [0.2, 0.25) is 10.0 Å². The molecule has 0 aliphatic rings. The minimum Gasteiger partial charge on any atom is -0.485 e. The minimum atomic E-state index is 0.347. The van der Waals surface area contributed by atoms with Gasteiger partial charge in [-0.2, -0.15) is 0 Å². The maximum Gasteiger partial charge on any atom is 0.208 e. The quantitative estimate of drug-likeness (QED) is 0.591. The molecule has 24 heavy (non-hydrogen) atoms. The summed E-state index contributed by atoms with van der Waals surface area (Å²) >= 11 is 13.6. The molecule has 1 heterocycles. The standard InChI is InChI=1S/C17H15Cl2N3OS/c1-11-4-2-3-5-15(11)23-9-16-20-17(22-21-16)24-10-12-6-7-13(18)8-14(12)19/h2-8H,9-10H2,1H3,(H,20,21,22). The second-order valence-electron chi connectivity index (χ2n) is 5.14. The van der Waals surface area contributed by atoms with Crippen LogP contribution < -0.4 is 4.74 Å². The molecular formula is C17H15Cl2N3OS. The van der Waals surface area contributed by atoms with E-state index >= 15 is 0 Å². The summed E-state index contributed by atoms with van der Waals surface area (Å²) in [7, 11) is 0. The number of thioether (sulfide) groups is 1. The molecule has 0 spiro atoms. The van der Waals surface area contributed by atoms with Gasteiger partial charge in [-0.1, -0.05) is 59.2 Å². The molecule has 4 nitrogen and oxygen atoms in total. The number of aryl methyl sites for hydroxylation is 1. The van der Waals surface area contributed by atoms with Crippen LogP contribution in [0.4, 0.5) is 0 Å². The molecule has 3 aromatic rings. The Morgan fingerprint density at radius 2 is 2.00 bits per heavy atom. The number of para-hydroxylation sites is 1. The lowest BCUT2D eigenvalue weighted by molar-refractivity contribution is 0.294. The number of ether oxygens (including phenoxy) is 1. The molecule has 0 aliphatic heterocycles. The molecule has 0 aliphatic carbocycles. The van der Waals surface area contributed by atoms with Crippen molar-refractivity contribution >= 4 is 35.0 Å². The summed E-state index contributed by atoms with van der Waals surface area (Å²) in [5, 5.41) is 9.02. The van der Waals surface area contributed by atoms with Crippen LogP contribution in [0, 0.1) is 6.92 Å². The summed E-state index contributed by atoms with van der Waals surface area (Å²) < 4.78 is 5.75. The van der Waals surface area contributed by atoms with Gasteiger partial charge in [0.2, 0.25) is 5.16 Å². The summed E-state index contributed by atoms with van der Waals surface area (Å²) in [4.78, 5) is 4.42. The molecule has 0 bridgehead atoms. The third-order valence-corrected chi connectivity index (χ3v) is 4.82. The van der Waals surface area contributed by atoms with Crippen molar-refractivity contribution in [2.75, 3.05) is 0 Å². The van der Waals surface area contributed by atoms with E-state index < -0.39 is 0 Å². The Morgan fingerprint density at radius 3 is 2.79 bits per heavy atom. The van der Waals surface area contributed by atoms with Crippen molar-refractivity contribution in [3.05, 3.63) is 69.5 Å². The summed E-state index contributed by atoms with van der Waals surface area (Å²) in [5.41, 5.74) is 2.08. The lowest BCUT2D eigenvalue weighted by atomic mass is 10.2. The average Bonchev–Trinajstić information content (AvgIpc) is 3.01. The van der Waals surface area contributed by atoms with Crippen molar-refractivity contribution in [2.24, 2.45) is 0 Å². The maximum atomic E-state index is 6.17. The van der Waals surface area contributed by atoms with Gasteiger partial charge in [-0.05, 0) is 36.2 Å². The monoisotopic (exact) mass is 379 g/mol. The van der Waals surface area contributed by atoms with Crippen LogP contribution >= 0.6 is 35.0 Å². The van der Waals surface area contributed by atoms with Crippen LogP contribution in [-0.4, -0.2) is 15.2 Å². The van der Waals surface area contributed by atoms with E-state index in [1.165, 1.54) is 11.8 Å². The summed E-state index contributed by atoms with van der Waals surface area (Å²) in [6, 6.07) is 13.3. The molecule has 0 unspecified atom stereocenters. The molecule has 0 atom stereocenters. The summed E-state index contributed by atoms with van der Waals surface area (Å²) in [6.45, 7) is 2.35. The maximum absolute atomic E-state index is 6.17. The topological polar surface area (TPSA) is 50.8 Å². The molecule has 1 aromatic heterocycles. The third-order valence-electron chi connectivity index (χ3n) is 3.34. The van der Waals surface area contributed by atoms with Gasteiger partial charge in [0.05, 0.1) is 0 Å². The van der Waals surface area contributed by atoms with Crippen LogP contribution in [0.15, 0.2) is 47.6 Å². The molecule has 0 saturated carbocycles. The molecule has 3 rings (SSSR count). The Balaban J connectivity index is 1.56. The fraction of sp³-hybridized carbons (Fsp3) is 0.176. The van der Waals surface area contributed by atoms with Gasteiger partial charge in [0, 0.05) is 15.8 Å². The zero-order valence-corrected chi connectivity index (χ0v) is 15.3. The van der Waals surface area contributed by atoms with Gasteiger partial charge in [0.25, 0.3) is 0 Å². The van der Waals surface area contributed by atoms with E-state index in [9.17, 15) is 0 Å². The lowest BCUT2D eigenvalue weighted by Crippen LogP contribution is -1.98. The average molecular weight is 380 g/mol. The number of hydrogen-bond acceptors (Lipinski definition) is 4. The van der Waals surface area contributed by atoms with E-state index in [1.54, 1.807) is 6.07 Å². The first-order valence-electron chi connectivity index (χ1n) is 7.28. The van der Waals surface area contributed by atoms with Crippen molar-refractivity contribution in [1.82, 2.24) is 15.2 Å². The van der Waals surface area contributed by atoms with E-state index in [2.05, 4.69) is 15.2 Å². The molecule has 0 saturated heterocycles. The van der Waals surface area contributed by atoms with Gasteiger partial charge < -0.3 is 4.74 Å². The van der Waals surface area contributed by atoms with Gasteiger partial charge in [0.15, 0.2) is 5.82 Å². The third kappa shape index (κ3) is 4.44. The fourth-order valence-electron chi connectivity index (χ4n) is 2.05. The Hall–Kier alpha value is -1.69. The van der Waals surface area contributed by atoms with Gasteiger partial charge >= 0.3 is 0 Å². The predicted molar refractivity (Wildman–Crippen MR) is 97.9 cm³/mol. The fourth-order valence-corrected chi connectivity index (χ4v) is 3.43. The smallest absolute Gasteiger partial charge is 0.208 e. The number of nitrogens with zero attached hydrogens (tertiary/aromatic N) is 2. The van der Waals surface area contributed by atoms with Crippen molar-refractivity contribution in [3.63, 3.8) is 0 Å². The second-order valence-corrected chi connectivity index (χ2v) is 6.93. The molecule has 1 N–H and O–H groups in total. The van der Waals surface area contributed by atoms with Crippen molar-refractivity contribution in [1.29, 1.82) is 0 Å². The number of H-pyrrole nitrogens is 1. The van der Waals surface area contributed by atoms with Gasteiger partial charge in [0.1, 0.15) is 12.4 Å². The largest absolute Gasteiger partial charge is 0.485 e. The summed E-state index contributed by atoms with van der Waals surface area (Å²) in [5.74, 6) is 2.20. The van der Waals surface area contributed by atoms with E-state index in [4.69, 9.17) is 27.9 Å². The van der Waals surface area contributed by atoms with Crippen molar-refractivity contribution in [2.45, 2.75) is 24.4 Å². The van der Waals surface area contributed by atoms with Crippen LogP contribution in [0.3, 0.4) is 0 Å². The predicted octanol–water partition coefficient (Wildman–Crippen LogP) is 5.29. The first kappa shape index (κ1) is 17.1. The normalized spacial score (nSPS) is 10.8. The Morgan fingerprint density at radius 1 is 1.17 bits per heavy atom. The molecule has 124 valence electrons. The van der Waals surface area contributed by atoms with E-state index in [1.807, 2.05) is 43.3 Å². The molecule has 0 amide bonds. The van der Waals surface area contributed by atoms with Crippen LogP contribution in [0.5, 0.6) is 5.75 Å². The highest BCUT2D eigenvalue weighted by Gasteiger charge is 2.08. The van der Waals surface area contributed by atoms with E-state index in [-0.39, 0.29) is 0 Å². The van der Waals surface area contributed by atoms with Crippen LogP contribution in [-0.2, 0) is 12.4 Å². The second kappa shape index (κ2) is 7.92. The number of hydrogen-bond donors (Lipinski definition) is 1. The molecule has 0 fully saturated rings. The van der Waals surface area contributed by atoms with Crippen LogP contribution in [0.1, 0.15) is 17.0 Å². The first-order valence-corrected chi connectivity index (χ1v) is 9.02. The number of benzene rings is 2. The molecule has 0 radical (unpaired) electrons. The number of aromatic amines is 1. The zero-order valence-electron chi connectivity index (χ0n) is 12.9. The number of halogens is 2. The highest BCUT2D eigenvalue weighted by Crippen LogP contribution is 2.27. The Bertz CT molecular complexity index is 838. The number of nitrogens with one attached hydrogen (secondary N) is 1. The molecule has 7 heteroatoms. The van der Waals surface area contributed by atoms with Gasteiger partial charge in [-0.25, -0.2) is 4.98 Å². The molecular weight excluding hydrogens is 365 g/mol. The van der Waals surface area contributed by atoms with Gasteiger partial charge in [-0.15, -0.1) is 5.10 Å². The van der Waals surface area contributed by atoms with Crippen LogP contribution in [0.25, 0.3) is 0 Å². The number of aromatic nitrogens is 3. The van der Waals surface area contributed by atoms with Crippen molar-refractivity contribution in [3.8, 4) is 5.75 Å². The highest BCUT2D eigenvalue weighted by atomic mass is 35.5. The number of rotatable bonds is 6. The molecule has 2 aromatic carbocycles.